The summed E-state index contributed by atoms with van der Waals surface area (Å²) in [6.45, 7) is 0.829. The standard InChI is InChI=1S/C12H16N2O3S2/c1-19(16,17)10-4-2-9(3-5-10)14-12(15)11-8-18-7-6-13-11/h2-5,11,13H,6-8H2,1H3,(H,14,15). The van der Waals surface area contributed by atoms with Gasteiger partial charge >= 0.3 is 0 Å². The van der Waals surface area contributed by atoms with Crippen molar-refractivity contribution in [2.45, 2.75) is 10.9 Å². The molecule has 1 aromatic carbocycles. The maximum atomic E-state index is 11.9. The number of anilines is 1. The summed E-state index contributed by atoms with van der Waals surface area (Å²) < 4.78 is 22.6. The quantitative estimate of drug-likeness (QED) is 0.861. The van der Waals surface area contributed by atoms with Gasteiger partial charge in [0.25, 0.3) is 0 Å². The fraction of sp³-hybridized carbons (Fsp3) is 0.417. The molecule has 1 saturated heterocycles. The largest absolute Gasteiger partial charge is 0.325 e. The molecule has 0 bridgehead atoms. The van der Waals surface area contributed by atoms with Gasteiger partial charge in [-0.2, -0.15) is 11.8 Å². The number of nitrogens with one attached hydrogen (secondary N) is 2. The van der Waals surface area contributed by atoms with Crippen LogP contribution in [0.3, 0.4) is 0 Å². The van der Waals surface area contributed by atoms with Crippen LogP contribution in [0.25, 0.3) is 0 Å². The summed E-state index contributed by atoms with van der Waals surface area (Å²) in [5.41, 5.74) is 0.606. The van der Waals surface area contributed by atoms with Gasteiger partial charge in [-0.25, -0.2) is 8.42 Å². The van der Waals surface area contributed by atoms with Gasteiger partial charge in [-0.3, -0.25) is 4.79 Å². The first-order chi connectivity index (χ1) is 8.97. The zero-order valence-corrected chi connectivity index (χ0v) is 12.2. The molecule has 1 unspecified atom stereocenters. The van der Waals surface area contributed by atoms with E-state index in [2.05, 4.69) is 10.6 Å². The van der Waals surface area contributed by atoms with Crippen LogP contribution in [0.5, 0.6) is 0 Å². The van der Waals surface area contributed by atoms with E-state index in [0.717, 1.165) is 24.3 Å². The Labute approximate surface area is 117 Å². The van der Waals surface area contributed by atoms with Crippen LogP contribution in [0.4, 0.5) is 5.69 Å². The van der Waals surface area contributed by atoms with Gasteiger partial charge in [0.2, 0.25) is 5.91 Å². The van der Waals surface area contributed by atoms with Crippen molar-refractivity contribution in [1.29, 1.82) is 0 Å². The monoisotopic (exact) mass is 300 g/mol. The average molecular weight is 300 g/mol. The molecule has 19 heavy (non-hydrogen) atoms. The van der Waals surface area contributed by atoms with Gasteiger partial charge < -0.3 is 10.6 Å². The van der Waals surface area contributed by atoms with Crippen LogP contribution >= 0.6 is 11.8 Å². The number of thioether (sulfide) groups is 1. The first-order valence-corrected chi connectivity index (χ1v) is 8.93. The zero-order valence-electron chi connectivity index (χ0n) is 10.5. The van der Waals surface area contributed by atoms with Crippen LogP contribution in [0.15, 0.2) is 29.2 Å². The minimum absolute atomic E-state index is 0.0840. The molecule has 0 saturated carbocycles. The average Bonchev–Trinajstić information content (AvgIpc) is 2.39. The third-order valence-corrected chi connectivity index (χ3v) is 4.98. The number of carbonyl (C=O) groups is 1. The van der Waals surface area contributed by atoms with Gasteiger partial charge in [-0.1, -0.05) is 0 Å². The molecule has 7 heteroatoms. The number of carbonyl (C=O) groups excluding carboxylic acids is 1. The lowest BCUT2D eigenvalue weighted by molar-refractivity contribution is -0.117. The molecule has 1 aliphatic rings. The van der Waals surface area contributed by atoms with E-state index in [4.69, 9.17) is 0 Å². The van der Waals surface area contributed by atoms with Crippen LogP contribution < -0.4 is 10.6 Å². The van der Waals surface area contributed by atoms with Crippen molar-refractivity contribution in [2.24, 2.45) is 0 Å². The van der Waals surface area contributed by atoms with Crippen LogP contribution in [0.1, 0.15) is 0 Å². The van der Waals surface area contributed by atoms with Crippen molar-refractivity contribution in [3.8, 4) is 0 Å². The molecule has 1 fully saturated rings. The lowest BCUT2D eigenvalue weighted by Crippen LogP contribution is -2.46. The predicted molar refractivity (Wildman–Crippen MR) is 77.3 cm³/mol. The summed E-state index contributed by atoms with van der Waals surface area (Å²) in [5, 5.41) is 5.93. The Morgan fingerprint density at radius 3 is 2.58 bits per heavy atom. The Hall–Kier alpha value is -1.05. The highest BCUT2D eigenvalue weighted by Gasteiger charge is 2.20. The van der Waals surface area contributed by atoms with E-state index < -0.39 is 9.84 Å². The second-order valence-electron chi connectivity index (χ2n) is 4.37. The van der Waals surface area contributed by atoms with E-state index in [-0.39, 0.29) is 16.8 Å². The van der Waals surface area contributed by atoms with E-state index >= 15 is 0 Å². The Morgan fingerprint density at radius 1 is 1.37 bits per heavy atom. The summed E-state index contributed by atoms with van der Waals surface area (Å²) in [6, 6.07) is 6.00. The lowest BCUT2D eigenvalue weighted by atomic mass is 10.2. The molecular formula is C12H16N2O3S2. The molecule has 1 aromatic rings. The van der Waals surface area contributed by atoms with E-state index in [9.17, 15) is 13.2 Å². The van der Waals surface area contributed by atoms with Crippen LogP contribution in [0.2, 0.25) is 0 Å². The van der Waals surface area contributed by atoms with Crippen molar-refractivity contribution in [2.75, 3.05) is 29.6 Å². The third-order valence-electron chi connectivity index (χ3n) is 2.79. The highest BCUT2D eigenvalue weighted by Crippen LogP contribution is 2.15. The lowest BCUT2D eigenvalue weighted by Gasteiger charge is -2.22. The summed E-state index contributed by atoms with van der Waals surface area (Å²) in [5.74, 6) is 1.69. The molecule has 1 aliphatic heterocycles. The number of benzene rings is 1. The Balaban J connectivity index is 2.01. The fourth-order valence-electron chi connectivity index (χ4n) is 1.75. The maximum Gasteiger partial charge on any atom is 0.242 e. The molecule has 1 atom stereocenters. The molecule has 1 heterocycles. The Bertz CT molecular complexity index is 549. The number of amides is 1. The van der Waals surface area contributed by atoms with Gasteiger partial charge in [0.1, 0.15) is 0 Å². The highest BCUT2D eigenvalue weighted by atomic mass is 32.2. The maximum absolute atomic E-state index is 11.9. The van der Waals surface area contributed by atoms with Gasteiger partial charge in [-0.05, 0) is 24.3 Å². The molecule has 5 nitrogen and oxygen atoms in total. The second-order valence-corrected chi connectivity index (χ2v) is 7.53. The first kappa shape index (κ1) is 14.4. The molecule has 1 amide bonds. The normalized spacial score (nSPS) is 19.9. The van der Waals surface area contributed by atoms with Crippen LogP contribution in [0, 0.1) is 0 Å². The van der Waals surface area contributed by atoms with Crippen LogP contribution in [-0.2, 0) is 14.6 Å². The number of hydrogen-bond acceptors (Lipinski definition) is 5. The van der Waals surface area contributed by atoms with E-state index in [0.29, 0.717) is 5.69 Å². The fourth-order valence-corrected chi connectivity index (χ4v) is 3.31. The summed E-state index contributed by atoms with van der Waals surface area (Å²) >= 11 is 1.75. The summed E-state index contributed by atoms with van der Waals surface area (Å²) in [4.78, 5) is 12.2. The van der Waals surface area contributed by atoms with Crippen molar-refractivity contribution in [3.63, 3.8) is 0 Å². The van der Waals surface area contributed by atoms with Gasteiger partial charge in [0, 0.05) is 30.0 Å². The first-order valence-electron chi connectivity index (χ1n) is 5.89. The molecular weight excluding hydrogens is 284 g/mol. The van der Waals surface area contributed by atoms with E-state index in [1.165, 1.54) is 12.1 Å². The van der Waals surface area contributed by atoms with E-state index in [1.807, 2.05) is 0 Å². The molecule has 0 spiro atoms. The summed E-state index contributed by atoms with van der Waals surface area (Å²) in [6.07, 6.45) is 1.16. The van der Waals surface area contributed by atoms with Crippen molar-refractivity contribution >= 4 is 33.2 Å². The zero-order chi connectivity index (χ0) is 13.9. The molecule has 2 N–H and O–H groups in total. The molecule has 0 radical (unpaired) electrons. The number of rotatable bonds is 3. The predicted octanol–water partition coefficient (Wildman–Crippen LogP) is 0.734. The smallest absolute Gasteiger partial charge is 0.242 e. The Morgan fingerprint density at radius 2 is 2.05 bits per heavy atom. The second kappa shape index (κ2) is 5.94. The number of sulfone groups is 1. The highest BCUT2D eigenvalue weighted by molar-refractivity contribution is 7.99. The van der Waals surface area contributed by atoms with Gasteiger partial charge in [0.05, 0.1) is 10.9 Å². The molecule has 104 valence electrons. The Kier molecular flexibility index (Phi) is 4.49. The van der Waals surface area contributed by atoms with Crippen molar-refractivity contribution in [3.05, 3.63) is 24.3 Å². The third kappa shape index (κ3) is 3.95. The minimum atomic E-state index is -3.20. The van der Waals surface area contributed by atoms with Gasteiger partial charge in [0.15, 0.2) is 9.84 Å². The molecule has 0 aromatic heterocycles. The van der Waals surface area contributed by atoms with Gasteiger partial charge in [-0.15, -0.1) is 0 Å². The SMILES string of the molecule is CS(=O)(=O)c1ccc(NC(=O)C2CSCCN2)cc1. The van der Waals surface area contributed by atoms with Crippen molar-refractivity contribution < 1.29 is 13.2 Å². The van der Waals surface area contributed by atoms with Crippen LogP contribution in [-0.4, -0.2) is 44.7 Å². The minimum Gasteiger partial charge on any atom is -0.325 e. The topological polar surface area (TPSA) is 75.3 Å². The molecule has 2 rings (SSSR count). The van der Waals surface area contributed by atoms with E-state index in [1.54, 1.807) is 23.9 Å². The summed E-state index contributed by atoms with van der Waals surface area (Å²) in [7, 11) is -3.20. The molecule has 0 aliphatic carbocycles. The van der Waals surface area contributed by atoms with Crippen molar-refractivity contribution in [1.82, 2.24) is 5.32 Å². The number of hydrogen-bond donors (Lipinski definition) is 2.